The molecule has 0 aliphatic carbocycles. The standard InChI is InChI=1S/C10H16N6O/c1-7(2)10(4,6-11)12-9(17)5-16-8(3)13-14-15-16/h7H,5H2,1-4H3,(H,12,17)/t10-/m0/s1. The summed E-state index contributed by atoms with van der Waals surface area (Å²) in [6, 6.07) is 2.11. The van der Waals surface area contributed by atoms with Crippen LogP contribution >= 0.6 is 0 Å². The molecule has 0 aliphatic rings. The van der Waals surface area contributed by atoms with Crippen molar-refractivity contribution in [1.29, 1.82) is 5.26 Å². The van der Waals surface area contributed by atoms with Crippen molar-refractivity contribution in [1.82, 2.24) is 25.5 Å². The lowest BCUT2D eigenvalue weighted by molar-refractivity contribution is -0.123. The quantitative estimate of drug-likeness (QED) is 0.795. The van der Waals surface area contributed by atoms with Crippen molar-refractivity contribution in [3.63, 3.8) is 0 Å². The molecule has 7 heteroatoms. The molecule has 1 rings (SSSR count). The van der Waals surface area contributed by atoms with Crippen molar-refractivity contribution in [3.05, 3.63) is 5.82 Å². The average Bonchev–Trinajstić information content (AvgIpc) is 2.63. The normalized spacial score (nSPS) is 14.1. The van der Waals surface area contributed by atoms with E-state index in [4.69, 9.17) is 5.26 Å². The van der Waals surface area contributed by atoms with Gasteiger partial charge >= 0.3 is 0 Å². The van der Waals surface area contributed by atoms with Crippen molar-refractivity contribution in [3.8, 4) is 6.07 Å². The second-order valence-electron chi connectivity index (χ2n) is 4.40. The molecule has 0 bridgehead atoms. The minimum Gasteiger partial charge on any atom is -0.336 e. The number of hydrogen-bond donors (Lipinski definition) is 1. The first kappa shape index (κ1) is 13.1. The van der Waals surface area contributed by atoms with E-state index < -0.39 is 5.54 Å². The average molecular weight is 236 g/mol. The molecule has 0 fully saturated rings. The fourth-order valence-corrected chi connectivity index (χ4v) is 1.16. The summed E-state index contributed by atoms with van der Waals surface area (Å²) in [6.45, 7) is 7.18. The zero-order chi connectivity index (χ0) is 13.1. The topological polar surface area (TPSA) is 96.5 Å². The summed E-state index contributed by atoms with van der Waals surface area (Å²) in [4.78, 5) is 11.8. The van der Waals surface area contributed by atoms with Crippen LogP contribution in [0.2, 0.25) is 0 Å². The Kier molecular flexibility index (Phi) is 3.78. The summed E-state index contributed by atoms with van der Waals surface area (Å²) < 4.78 is 1.38. The maximum atomic E-state index is 11.8. The van der Waals surface area contributed by atoms with E-state index in [0.29, 0.717) is 5.82 Å². The van der Waals surface area contributed by atoms with Gasteiger partial charge in [-0.2, -0.15) is 5.26 Å². The Bertz CT molecular complexity index is 446. The summed E-state index contributed by atoms with van der Waals surface area (Å²) >= 11 is 0. The Morgan fingerprint density at radius 3 is 2.71 bits per heavy atom. The SMILES string of the molecule is Cc1nnnn1CC(=O)N[C@@](C)(C#N)C(C)C. The molecule has 1 atom stereocenters. The Hall–Kier alpha value is -1.97. The maximum Gasteiger partial charge on any atom is 0.243 e. The van der Waals surface area contributed by atoms with Gasteiger partial charge in [0.05, 0.1) is 6.07 Å². The van der Waals surface area contributed by atoms with Gasteiger partial charge in [0, 0.05) is 0 Å². The minimum absolute atomic E-state index is 0.0167. The van der Waals surface area contributed by atoms with Crippen molar-refractivity contribution in [2.75, 3.05) is 0 Å². The van der Waals surface area contributed by atoms with E-state index in [0.717, 1.165) is 0 Å². The lowest BCUT2D eigenvalue weighted by Gasteiger charge is -2.27. The van der Waals surface area contributed by atoms with Gasteiger partial charge in [-0.05, 0) is 30.2 Å². The van der Waals surface area contributed by atoms with Crippen LogP contribution in [-0.2, 0) is 11.3 Å². The fraction of sp³-hybridized carbons (Fsp3) is 0.700. The van der Waals surface area contributed by atoms with Crippen molar-refractivity contribution in [2.45, 2.75) is 39.8 Å². The lowest BCUT2D eigenvalue weighted by atomic mass is 9.90. The highest BCUT2D eigenvalue weighted by atomic mass is 16.2. The largest absolute Gasteiger partial charge is 0.336 e. The second kappa shape index (κ2) is 4.91. The summed E-state index contributed by atoms with van der Waals surface area (Å²) in [7, 11) is 0. The Balaban J connectivity index is 2.68. The number of hydrogen-bond acceptors (Lipinski definition) is 5. The van der Waals surface area contributed by atoms with Crippen LogP contribution in [-0.4, -0.2) is 31.7 Å². The summed E-state index contributed by atoms with van der Waals surface area (Å²) in [5, 5.41) is 22.6. The van der Waals surface area contributed by atoms with Gasteiger partial charge in [0.25, 0.3) is 0 Å². The van der Waals surface area contributed by atoms with E-state index >= 15 is 0 Å². The third-order valence-electron chi connectivity index (χ3n) is 2.79. The Morgan fingerprint density at radius 1 is 1.65 bits per heavy atom. The number of carbonyl (C=O) groups is 1. The van der Waals surface area contributed by atoms with E-state index in [-0.39, 0.29) is 18.4 Å². The minimum atomic E-state index is -0.876. The molecule has 0 aromatic carbocycles. The number of nitrogens with zero attached hydrogens (tertiary/aromatic N) is 5. The number of aryl methyl sites for hydroxylation is 1. The highest BCUT2D eigenvalue weighted by Gasteiger charge is 2.30. The maximum absolute atomic E-state index is 11.8. The predicted octanol–water partition coefficient (Wildman–Crippen LogP) is 0.0360. The summed E-state index contributed by atoms with van der Waals surface area (Å²) in [6.07, 6.45) is 0. The van der Waals surface area contributed by atoms with Crippen LogP contribution in [0, 0.1) is 24.2 Å². The molecule has 1 N–H and O–H groups in total. The molecule has 0 radical (unpaired) electrons. The van der Waals surface area contributed by atoms with Crippen LogP contribution in [0.25, 0.3) is 0 Å². The predicted molar refractivity (Wildman–Crippen MR) is 59.6 cm³/mol. The Labute approximate surface area is 99.8 Å². The first-order valence-corrected chi connectivity index (χ1v) is 5.34. The zero-order valence-corrected chi connectivity index (χ0v) is 10.4. The van der Waals surface area contributed by atoms with Gasteiger partial charge in [0.1, 0.15) is 17.9 Å². The van der Waals surface area contributed by atoms with Gasteiger partial charge in [-0.15, -0.1) is 5.10 Å². The van der Waals surface area contributed by atoms with Gasteiger partial charge < -0.3 is 5.32 Å². The number of rotatable bonds is 4. The molecule has 1 amide bonds. The van der Waals surface area contributed by atoms with Crippen molar-refractivity contribution >= 4 is 5.91 Å². The molecule has 1 aromatic rings. The van der Waals surface area contributed by atoms with Gasteiger partial charge in [-0.1, -0.05) is 13.8 Å². The van der Waals surface area contributed by atoms with Crippen LogP contribution < -0.4 is 5.32 Å². The van der Waals surface area contributed by atoms with E-state index in [9.17, 15) is 4.79 Å². The molecular formula is C10H16N6O. The molecule has 92 valence electrons. The second-order valence-corrected chi connectivity index (χ2v) is 4.40. The van der Waals surface area contributed by atoms with E-state index in [2.05, 4.69) is 26.9 Å². The van der Waals surface area contributed by atoms with Crippen LogP contribution in [0.5, 0.6) is 0 Å². The number of nitrogens with one attached hydrogen (secondary N) is 1. The molecule has 0 saturated carbocycles. The molecule has 17 heavy (non-hydrogen) atoms. The molecule has 7 nitrogen and oxygen atoms in total. The van der Waals surface area contributed by atoms with Crippen molar-refractivity contribution < 1.29 is 4.79 Å². The van der Waals surface area contributed by atoms with Gasteiger partial charge in [-0.25, -0.2) is 4.68 Å². The lowest BCUT2D eigenvalue weighted by Crippen LogP contribution is -2.49. The van der Waals surface area contributed by atoms with Crippen LogP contribution in [0.4, 0.5) is 0 Å². The molecule has 0 unspecified atom stereocenters. The fourth-order valence-electron chi connectivity index (χ4n) is 1.16. The molecule has 0 spiro atoms. The Morgan fingerprint density at radius 2 is 2.29 bits per heavy atom. The first-order valence-electron chi connectivity index (χ1n) is 5.34. The monoisotopic (exact) mass is 236 g/mol. The van der Waals surface area contributed by atoms with E-state index in [1.807, 2.05) is 13.8 Å². The summed E-state index contributed by atoms with van der Waals surface area (Å²) in [5.41, 5.74) is -0.876. The number of tetrazole rings is 1. The number of carbonyl (C=O) groups excluding carboxylic acids is 1. The third kappa shape index (κ3) is 3.00. The highest BCUT2D eigenvalue weighted by Crippen LogP contribution is 2.14. The van der Waals surface area contributed by atoms with Gasteiger partial charge in [0.15, 0.2) is 0 Å². The molecular weight excluding hydrogens is 220 g/mol. The molecule has 1 aromatic heterocycles. The van der Waals surface area contributed by atoms with E-state index in [1.54, 1.807) is 13.8 Å². The summed E-state index contributed by atoms with van der Waals surface area (Å²) in [5.74, 6) is 0.299. The van der Waals surface area contributed by atoms with E-state index in [1.165, 1.54) is 4.68 Å². The zero-order valence-electron chi connectivity index (χ0n) is 10.4. The van der Waals surface area contributed by atoms with Gasteiger partial charge in [0.2, 0.25) is 5.91 Å². The number of aromatic nitrogens is 4. The molecule has 1 heterocycles. The van der Waals surface area contributed by atoms with Crippen molar-refractivity contribution in [2.24, 2.45) is 5.92 Å². The van der Waals surface area contributed by atoms with Crippen LogP contribution in [0.15, 0.2) is 0 Å². The van der Waals surface area contributed by atoms with Gasteiger partial charge in [-0.3, -0.25) is 4.79 Å². The molecule has 0 saturated heterocycles. The highest BCUT2D eigenvalue weighted by molar-refractivity contribution is 5.77. The number of amides is 1. The smallest absolute Gasteiger partial charge is 0.243 e. The third-order valence-corrected chi connectivity index (χ3v) is 2.79. The van der Waals surface area contributed by atoms with Crippen LogP contribution in [0.3, 0.4) is 0 Å². The van der Waals surface area contributed by atoms with Crippen LogP contribution in [0.1, 0.15) is 26.6 Å². The number of nitriles is 1. The first-order chi connectivity index (χ1) is 7.89. The molecule has 0 aliphatic heterocycles.